The first-order chi connectivity index (χ1) is 13.5. The highest BCUT2D eigenvalue weighted by atomic mass is 35.5. The summed E-state index contributed by atoms with van der Waals surface area (Å²) in [6.07, 6.45) is 0. The molecule has 28 heavy (non-hydrogen) atoms. The van der Waals surface area contributed by atoms with Gasteiger partial charge in [-0.05, 0) is 25.1 Å². The minimum absolute atomic E-state index is 0.274. The highest BCUT2D eigenvalue weighted by Crippen LogP contribution is 2.30. The molecule has 0 spiro atoms. The van der Waals surface area contributed by atoms with Crippen LogP contribution < -0.4 is 5.63 Å². The molecule has 140 valence electrons. The summed E-state index contributed by atoms with van der Waals surface area (Å²) in [5.41, 5.74) is 1.09. The molecule has 5 rings (SSSR count). The van der Waals surface area contributed by atoms with E-state index < -0.39 is 5.63 Å². The number of nitrogens with zero attached hydrogens (tertiary/aromatic N) is 5. The predicted molar refractivity (Wildman–Crippen MR) is 105 cm³/mol. The molecule has 0 saturated heterocycles. The van der Waals surface area contributed by atoms with Gasteiger partial charge in [-0.25, -0.2) is 4.79 Å². The number of thioether (sulfide) groups is 1. The molecule has 0 atom stereocenters. The second-order valence-corrected chi connectivity index (χ2v) is 7.82. The van der Waals surface area contributed by atoms with E-state index in [9.17, 15) is 4.79 Å². The molecule has 3 aromatic heterocycles. The van der Waals surface area contributed by atoms with Gasteiger partial charge in [-0.3, -0.25) is 0 Å². The summed E-state index contributed by atoms with van der Waals surface area (Å²) >= 11 is 13.6. The molecule has 0 unspecified atom stereocenters. The summed E-state index contributed by atoms with van der Waals surface area (Å²) in [6.45, 7) is 1.78. The van der Waals surface area contributed by atoms with Crippen molar-refractivity contribution >= 4 is 51.6 Å². The normalized spacial score (nSPS) is 13.6. The molecule has 11 heteroatoms. The maximum atomic E-state index is 12.6. The van der Waals surface area contributed by atoms with E-state index in [0.29, 0.717) is 49.9 Å². The number of benzene rings is 1. The van der Waals surface area contributed by atoms with Crippen LogP contribution in [-0.4, -0.2) is 31.5 Å². The molecule has 1 aliphatic rings. The smallest absolute Gasteiger partial charge is 0.345 e. The molecule has 4 aromatic rings. The zero-order chi connectivity index (χ0) is 19.4. The minimum atomic E-state index is -0.536. The fourth-order valence-electron chi connectivity index (χ4n) is 2.85. The Bertz CT molecular complexity index is 1340. The van der Waals surface area contributed by atoms with E-state index in [1.54, 1.807) is 25.1 Å². The molecular formula is C17H9Cl2N5O3S. The highest BCUT2D eigenvalue weighted by molar-refractivity contribution is 7.99. The molecule has 0 saturated carbocycles. The predicted octanol–water partition coefficient (Wildman–Crippen LogP) is 4.01. The van der Waals surface area contributed by atoms with Crippen LogP contribution in [0.3, 0.4) is 0 Å². The number of hydrogen-bond donors (Lipinski definition) is 0. The first-order valence-electron chi connectivity index (χ1n) is 8.02. The van der Waals surface area contributed by atoms with Crippen molar-refractivity contribution < 1.29 is 8.94 Å². The second kappa shape index (κ2) is 6.47. The van der Waals surface area contributed by atoms with Crippen LogP contribution in [0.15, 0.2) is 48.3 Å². The maximum Gasteiger partial charge on any atom is 0.345 e. The van der Waals surface area contributed by atoms with Gasteiger partial charge in [0.1, 0.15) is 5.76 Å². The number of aryl methyl sites for hydroxylation is 1. The molecule has 0 bridgehead atoms. The monoisotopic (exact) mass is 433 g/mol. The molecule has 0 N–H and O–H groups in total. The average Bonchev–Trinajstić information content (AvgIpc) is 3.27. The van der Waals surface area contributed by atoms with E-state index in [2.05, 4.69) is 20.5 Å². The van der Waals surface area contributed by atoms with Crippen LogP contribution in [-0.2, 0) is 0 Å². The lowest BCUT2D eigenvalue weighted by atomic mass is 10.1. The fraction of sp³-hybridized carbons (Fsp3) is 0.118. The quantitative estimate of drug-likeness (QED) is 0.440. The summed E-state index contributed by atoms with van der Waals surface area (Å²) in [7, 11) is 0. The van der Waals surface area contributed by atoms with Crippen LogP contribution in [0.5, 0.6) is 0 Å². The lowest BCUT2D eigenvalue weighted by Crippen LogP contribution is -2.21. The number of aromatic nitrogens is 4. The van der Waals surface area contributed by atoms with Gasteiger partial charge in [-0.1, -0.05) is 40.1 Å². The lowest BCUT2D eigenvalue weighted by molar-refractivity contribution is 0.399. The molecule has 8 nitrogen and oxygen atoms in total. The Hall–Kier alpha value is -2.62. The molecule has 0 aliphatic carbocycles. The zero-order valence-corrected chi connectivity index (χ0v) is 16.5. The van der Waals surface area contributed by atoms with Crippen LogP contribution in [0.4, 0.5) is 0 Å². The van der Waals surface area contributed by atoms with Crippen LogP contribution in [0.25, 0.3) is 22.5 Å². The summed E-state index contributed by atoms with van der Waals surface area (Å²) in [5, 5.41) is 18.7. The van der Waals surface area contributed by atoms with Crippen molar-refractivity contribution in [3.63, 3.8) is 0 Å². The first-order valence-corrected chi connectivity index (χ1v) is 9.77. The summed E-state index contributed by atoms with van der Waals surface area (Å²) in [5.74, 6) is 1.50. The Morgan fingerprint density at radius 2 is 2.04 bits per heavy atom. The number of fused-ring (bicyclic) bond motifs is 2. The fourth-order valence-corrected chi connectivity index (χ4v) is 4.22. The van der Waals surface area contributed by atoms with Crippen molar-refractivity contribution in [2.24, 2.45) is 5.10 Å². The van der Waals surface area contributed by atoms with Gasteiger partial charge in [-0.15, -0.1) is 10.2 Å². The Morgan fingerprint density at radius 3 is 2.82 bits per heavy atom. The number of rotatable bonds is 2. The third-order valence-corrected chi connectivity index (χ3v) is 5.52. The van der Waals surface area contributed by atoms with Crippen molar-refractivity contribution in [2.45, 2.75) is 12.1 Å². The minimum Gasteiger partial charge on any atom is -0.421 e. The van der Waals surface area contributed by atoms with Crippen LogP contribution in [0.1, 0.15) is 11.3 Å². The number of halogens is 2. The van der Waals surface area contributed by atoms with E-state index >= 15 is 0 Å². The maximum absolute atomic E-state index is 12.6. The highest BCUT2D eigenvalue weighted by Gasteiger charge is 2.24. The first kappa shape index (κ1) is 17.5. The van der Waals surface area contributed by atoms with Crippen LogP contribution in [0.2, 0.25) is 10.0 Å². The summed E-state index contributed by atoms with van der Waals surface area (Å²) in [4.78, 5) is 12.6. The molecule has 0 amide bonds. The molecule has 1 aromatic carbocycles. The van der Waals surface area contributed by atoms with Crippen molar-refractivity contribution in [3.8, 4) is 11.5 Å². The van der Waals surface area contributed by atoms with Gasteiger partial charge < -0.3 is 8.94 Å². The number of hydrogen-bond acceptors (Lipinski definition) is 8. The largest absolute Gasteiger partial charge is 0.421 e. The molecule has 0 fully saturated rings. The van der Waals surface area contributed by atoms with E-state index in [4.69, 9.17) is 32.1 Å². The van der Waals surface area contributed by atoms with Crippen molar-refractivity contribution in [2.75, 3.05) is 5.75 Å². The van der Waals surface area contributed by atoms with E-state index in [-0.39, 0.29) is 10.6 Å². The van der Waals surface area contributed by atoms with Gasteiger partial charge in [0.25, 0.3) is 0 Å². The molecule has 1 aliphatic heterocycles. The molecule has 0 radical (unpaired) electrons. The van der Waals surface area contributed by atoms with Gasteiger partial charge in [0.15, 0.2) is 11.3 Å². The van der Waals surface area contributed by atoms with Crippen LogP contribution in [0, 0.1) is 6.92 Å². The van der Waals surface area contributed by atoms with E-state index in [0.717, 1.165) is 0 Å². The van der Waals surface area contributed by atoms with Crippen LogP contribution >= 0.6 is 35.0 Å². The third kappa shape index (κ3) is 2.83. The molecule has 4 heterocycles. The Morgan fingerprint density at radius 1 is 1.18 bits per heavy atom. The lowest BCUT2D eigenvalue weighted by Gasteiger charge is -2.13. The zero-order valence-electron chi connectivity index (χ0n) is 14.1. The summed E-state index contributed by atoms with van der Waals surface area (Å²) in [6, 6.07) is 6.62. The van der Waals surface area contributed by atoms with E-state index in [1.165, 1.54) is 22.5 Å². The summed E-state index contributed by atoms with van der Waals surface area (Å²) < 4.78 is 12.1. The third-order valence-electron chi connectivity index (χ3n) is 4.09. The topological polar surface area (TPSA) is 99.3 Å². The standard InChI is InChI=1S/C17H9Cl2N5O3S/c1-7-2-12(23-27-7)15-20-21-17-24(15)22-13(6-28-17)10-4-8-3-9(18)5-11(19)14(8)26-16(10)25/h2-5H,6H2,1H3. The molecular weight excluding hydrogens is 425 g/mol. The van der Waals surface area contributed by atoms with Gasteiger partial charge in [0, 0.05) is 22.2 Å². The van der Waals surface area contributed by atoms with Gasteiger partial charge >= 0.3 is 5.63 Å². The van der Waals surface area contributed by atoms with Crippen molar-refractivity contribution in [1.29, 1.82) is 0 Å². The van der Waals surface area contributed by atoms with Gasteiger partial charge in [-0.2, -0.15) is 9.78 Å². The Labute approximate surface area is 171 Å². The van der Waals surface area contributed by atoms with Crippen molar-refractivity contribution in [3.05, 3.63) is 56.1 Å². The second-order valence-electron chi connectivity index (χ2n) is 6.03. The van der Waals surface area contributed by atoms with E-state index in [1.807, 2.05) is 0 Å². The van der Waals surface area contributed by atoms with Gasteiger partial charge in [0.2, 0.25) is 11.0 Å². The Balaban J connectivity index is 1.67. The van der Waals surface area contributed by atoms with Crippen molar-refractivity contribution in [1.82, 2.24) is 20.0 Å². The van der Waals surface area contributed by atoms with Gasteiger partial charge in [0.05, 0.1) is 16.3 Å². The average molecular weight is 434 g/mol. The Kier molecular flexibility index (Phi) is 4.04. The SMILES string of the molecule is Cc1cc(-c2nnc3n2N=C(c2cc4cc(Cl)cc(Cl)c4oc2=O)CS3)no1.